The Labute approximate surface area is 191 Å². The number of rotatable bonds is 7. The molecule has 1 aliphatic carbocycles. The second-order valence-corrected chi connectivity index (χ2v) is 9.64. The van der Waals surface area contributed by atoms with Crippen molar-refractivity contribution in [3.05, 3.63) is 46.9 Å². The summed E-state index contributed by atoms with van der Waals surface area (Å²) in [5, 5.41) is 10.4. The van der Waals surface area contributed by atoms with Gasteiger partial charge in [-0.05, 0) is 49.9 Å². The van der Waals surface area contributed by atoms with Crippen LogP contribution in [0.4, 0.5) is 0 Å². The second kappa shape index (κ2) is 8.54. The largest absolute Gasteiger partial charge is 0.440 e. The molecule has 9 heteroatoms. The molecule has 2 aliphatic rings. The van der Waals surface area contributed by atoms with Gasteiger partial charge in [-0.3, -0.25) is 0 Å². The van der Waals surface area contributed by atoms with Crippen LogP contribution in [0.2, 0.25) is 5.02 Å². The van der Waals surface area contributed by atoms with Crippen LogP contribution in [-0.4, -0.2) is 50.0 Å². The maximum Gasteiger partial charge on any atom is 0.202 e. The molecule has 0 bridgehead atoms. The lowest BCUT2D eigenvalue weighted by atomic mass is 9.95. The zero-order valence-corrected chi connectivity index (χ0v) is 19.4. The van der Waals surface area contributed by atoms with Crippen molar-refractivity contribution < 1.29 is 4.42 Å². The van der Waals surface area contributed by atoms with Gasteiger partial charge in [0.2, 0.25) is 5.82 Å². The minimum Gasteiger partial charge on any atom is -0.440 e. The number of likely N-dealkylation sites (tertiary alicyclic amines) is 1. The number of nitrogens with zero attached hydrogens (tertiary/aromatic N) is 5. The van der Waals surface area contributed by atoms with E-state index < -0.39 is 0 Å². The normalized spacial score (nSPS) is 22.7. The summed E-state index contributed by atoms with van der Waals surface area (Å²) in [5.74, 6) is 3.23. The van der Waals surface area contributed by atoms with E-state index in [2.05, 4.69) is 38.3 Å². The predicted octanol–water partition coefficient (Wildman–Crippen LogP) is 4.61. The molecule has 6 nitrogen and oxygen atoms in total. The zero-order valence-electron chi connectivity index (χ0n) is 17.0. The third-order valence-corrected chi connectivity index (χ3v) is 7.59. The Bertz CT molecular complexity index is 1040. The van der Waals surface area contributed by atoms with Crippen LogP contribution in [0.1, 0.15) is 24.1 Å². The van der Waals surface area contributed by atoms with Crippen LogP contribution in [-0.2, 0) is 12.5 Å². The molecule has 1 saturated heterocycles. The highest BCUT2D eigenvalue weighted by Gasteiger charge is 2.60. The number of hydrogen-bond acceptors (Lipinski definition) is 6. The molecule has 2 aromatic heterocycles. The Morgan fingerprint density at radius 2 is 2.20 bits per heavy atom. The minimum absolute atomic E-state index is 0. The monoisotopic (exact) mass is 465 g/mol. The van der Waals surface area contributed by atoms with Crippen LogP contribution in [0.5, 0.6) is 0 Å². The molecule has 3 aromatic rings. The first-order chi connectivity index (χ1) is 14.1. The van der Waals surface area contributed by atoms with Crippen molar-refractivity contribution >= 4 is 35.8 Å². The number of benzene rings is 1. The molecule has 0 radical (unpaired) electrons. The van der Waals surface area contributed by atoms with Gasteiger partial charge in [0.05, 0.1) is 5.69 Å². The lowest BCUT2D eigenvalue weighted by Gasteiger charge is -2.21. The van der Waals surface area contributed by atoms with Gasteiger partial charge >= 0.3 is 0 Å². The molecule has 160 valence electrons. The number of piperidine rings is 1. The van der Waals surface area contributed by atoms with Gasteiger partial charge in [0.25, 0.3) is 0 Å². The van der Waals surface area contributed by atoms with Gasteiger partial charge in [-0.25, -0.2) is 4.98 Å². The second-order valence-electron chi connectivity index (χ2n) is 8.14. The molecular weight excluding hydrogens is 441 g/mol. The van der Waals surface area contributed by atoms with E-state index in [-0.39, 0.29) is 12.4 Å². The smallest absolute Gasteiger partial charge is 0.202 e. The molecule has 0 N–H and O–H groups in total. The first-order valence-electron chi connectivity index (χ1n) is 9.98. The van der Waals surface area contributed by atoms with Gasteiger partial charge in [-0.15, -0.1) is 22.6 Å². The first kappa shape index (κ1) is 21.7. The van der Waals surface area contributed by atoms with Crippen molar-refractivity contribution in [1.82, 2.24) is 24.6 Å². The van der Waals surface area contributed by atoms with Crippen molar-refractivity contribution in [2.24, 2.45) is 13.0 Å². The highest BCUT2D eigenvalue weighted by Crippen LogP contribution is 2.59. The molecule has 2 atom stereocenters. The summed E-state index contributed by atoms with van der Waals surface area (Å²) < 4.78 is 7.43. The number of aromatic nitrogens is 4. The maximum absolute atomic E-state index is 6.22. The Balaban J connectivity index is 0.00000218. The predicted molar refractivity (Wildman–Crippen MR) is 122 cm³/mol. The standard InChI is InChI=1S/C21H24ClN5OS.ClH/c1-14-18(28-13-23-14)19-24-25-20(26(19)2)29-8-4-7-27-11-16-10-21(16,12-27)15-5-3-6-17(22)9-15;/h3,5-6,9,13,16H,4,7-8,10-12H2,1-2H3;1H/t16-,21?;/m1./s1. The lowest BCUT2D eigenvalue weighted by Crippen LogP contribution is -2.27. The molecule has 0 amide bonds. The molecule has 1 aromatic carbocycles. The summed E-state index contributed by atoms with van der Waals surface area (Å²) in [6.45, 7) is 5.40. The fraction of sp³-hybridized carbons (Fsp3) is 0.476. The van der Waals surface area contributed by atoms with Crippen molar-refractivity contribution in [3.63, 3.8) is 0 Å². The summed E-state index contributed by atoms with van der Waals surface area (Å²) in [4.78, 5) is 6.74. The highest BCUT2D eigenvalue weighted by atomic mass is 35.5. The van der Waals surface area contributed by atoms with Gasteiger partial charge < -0.3 is 13.9 Å². The highest BCUT2D eigenvalue weighted by molar-refractivity contribution is 7.99. The number of thioether (sulfide) groups is 1. The van der Waals surface area contributed by atoms with Gasteiger partial charge in [-0.1, -0.05) is 35.5 Å². The fourth-order valence-electron chi connectivity index (χ4n) is 4.61. The Hall–Kier alpha value is -1.54. The number of hydrogen-bond donors (Lipinski definition) is 0. The average Bonchev–Trinajstić information content (AvgIpc) is 3.01. The minimum atomic E-state index is 0. The van der Waals surface area contributed by atoms with Gasteiger partial charge in [-0.2, -0.15) is 0 Å². The number of aryl methyl sites for hydroxylation is 1. The van der Waals surface area contributed by atoms with Crippen LogP contribution in [0.15, 0.2) is 40.2 Å². The Morgan fingerprint density at radius 3 is 2.97 bits per heavy atom. The van der Waals surface area contributed by atoms with Crippen LogP contribution in [0.3, 0.4) is 0 Å². The summed E-state index contributed by atoms with van der Waals surface area (Å²) in [7, 11) is 1.97. The fourth-order valence-corrected chi connectivity index (χ4v) is 5.63. The van der Waals surface area contributed by atoms with E-state index in [0.29, 0.717) is 11.2 Å². The number of fused-ring (bicyclic) bond motifs is 1. The van der Waals surface area contributed by atoms with E-state index in [1.54, 1.807) is 11.8 Å². The van der Waals surface area contributed by atoms with Crippen molar-refractivity contribution in [2.45, 2.75) is 30.3 Å². The maximum atomic E-state index is 6.22. The Morgan fingerprint density at radius 1 is 1.33 bits per heavy atom. The van der Waals surface area contributed by atoms with E-state index >= 15 is 0 Å². The van der Waals surface area contributed by atoms with Crippen LogP contribution < -0.4 is 0 Å². The molecule has 2 fully saturated rings. The van der Waals surface area contributed by atoms with E-state index in [4.69, 9.17) is 16.0 Å². The van der Waals surface area contributed by atoms with E-state index in [1.165, 1.54) is 24.9 Å². The Kier molecular flexibility index (Phi) is 6.17. The lowest BCUT2D eigenvalue weighted by molar-refractivity contribution is 0.299. The third-order valence-electron chi connectivity index (χ3n) is 6.25. The quantitative estimate of drug-likeness (QED) is 0.375. The average molecular weight is 466 g/mol. The van der Waals surface area contributed by atoms with Gasteiger partial charge in [0, 0.05) is 36.3 Å². The number of oxazole rings is 1. The van der Waals surface area contributed by atoms with Crippen molar-refractivity contribution in [3.8, 4) is 11.6 Å². The molecule has 1 unspecified atom stereocenters. The van der Waals surface area contributed by atoms with Crippen LogP contribution in [0, 0.1) is 12.8 Å². The van der Waals surface area contributed by atoms with Gasteiger partial charge in [0.15, 0.2) is 17.3 Å². The van der Waals surface area contributed by atoms with E-state index in [9.17, 15) is 0 Å². The molecular formula is C21H25Cl2N5OS. The zero-order chi connectivity index (χ0) is 20.0. The number of halogens is 2. The molecule has 30 heavy (non-hydrogen) atoms. The summed E-state index contributed by atoms with van der Waals surface area (Å²) >= 11 is 7.96. The van der Waals surface area contributed by atoms with E-state index in [0.717, 1.165) is 52.9 Å². The van der Waals surface area contributed by atoms with Crippen LogP contribution in [0.25, 0.3) is 11.6 Å². The SMILES string of the molecule is Cc1ncoc1-c1nnc(SCCCN2C[C@H]3CC3(c3cccc(Cl)c3)C2)n1C.Cl. The molecule has 1 saturated carbocycles. The molecule has 3 heterocycles. The van der Waals surface area contributed by atoms with Crippen LogP contribution >= 0.6 is 35.8 Å². The molecule has 0 spiro atoms. The summed E-state index contributed by atoms with van der Waals surface area (Å²) in [6, 6.07) is 8.44. The molecule has 5 rings (SSSR count). The van der Waals surface area contributed by atoms with Crippen molar-refractivity contribution in [2.75, 3.05) is 25.4 Å². The topological polar surface area (TPSA) is 60.0 Å². The molecule has 1 aliphatic heterocycles. The summed E-state index contributed by atoms with van der Waals surface area (Å²) in [6.07, 6.45) is 3.89. The van der Waals surface area contributed by atoms with E-state index in [1.807, 2.05) is 24.6 Å². The van der Waals surface area contributed by atoms with Crippen molar-refractivity contribution in [1.29, 1.82) is 0 Å². The third kappa shape index (κ3) is 3.88. The first-order valence-corrected chi connectivity index (χ1v) is 11.3. The van der Waals surface area contributed by atoms with Gasteiger partial charge in [0.1, 0.15) is 0 Å². The summed E-state index contributed by atoms with van der Waals surface area (Å²) in [5.41, 5.74) is 2.60.